The van der Waals surface area contributed by atoms with Crippen molar-refractivity contribution in [3.63, 3.8) is 0 Å². The third kappa shape index (κ3) is 2.02. The van der Waals surface area contributed by atoms with Gasteiger partial charge in [-0.25, -0.2) is 0 Å². The summed E-state index contributed by atoms with van der Waals surface area (Å²) < 4.78 is 5.35. The van der Waals surface area contributed by atoms with Crippen LogP contribution in [0, 0.1) is 0 Å². The highest BCUT2D eigenvalue weighted by Crippen LogP contribution is 2.34. The highest BCUT2D eigenvalue weighted by molar-refractivity contribution is 5.76. The van der Waals surface area contributed by atoms with Crippen molar-refractivity contribution in [1.29, 1.82) is 0 Å². The fourth-order valence-electron chi connectivity index (χ4n) is 1.59. The number of nitrogens with two attached hydrogens (primary N) is 1. The number of phenolic OH excluding ortho intramolecular Hbond substituents is 1. The fraction of sp³-hybridized carbons (Fsp3) is 0.300. The fourth-order valence-corrected chi connectivity index (χ4v) is 1.59. The van der Waals surface area contributed by atoms with E-state index in [2.05, 4.69) is 5.32 Å². The molecular formula is C10H12N2O3. The molecule has 0 aromatic heterocycles. The number of nitrogens with one attached hydrogen (secondary N) is 1. The Balaban J connectivity index is 2.11. The van der Waals surface area contributed by atoms with Crippen LogP contribution in [0.25, 0.3) is 0 Å². The van der Waals surface area contributed by atoms with Gasteiger partial charge in [0.2, 0.25) is 5.91 Å². The van der Waals surface area contributed by atoms with Gasteiger partial charge in [-0.2, -0.15) is 0 Å². The van der Waals surface area contributed by atoms with Gasteiger partial charge in [0.25, 0.3) is 0 Å². The molecule has 5 nitrogen and oxygen atoms in total. The van der Waals surface area contributed by atoms with Crippen LogP contribution in [0.1, 0.15) is 11.6 Å². The number of hydrogen-bond acceptors (Lipinski definition) is 4. The van der Waals surface area contributed by atoms with Crippen LogP contribution in [0.3, 0.4) is 0 Å². The minimum atomic E-state index is -0.401. The number of carbonyl (C=O) groups excluding carboxylic acids is 1. The van der Waals surface area contributed by atoms with Crippen LogP contribution >= 0.6 is 0 Å². The zero-order valence-corrected chi connectivity index (χ0v) is 8.06. The summed E-state index contributed by atoms with van der Waals surface area (Å²) in [5.74, 6) is 0.420. The maximum atomic E-state index is 10.6. The first-order valence-corrected chi connectivity index (χ1v) is 4.64. The Morgan fingerprint density at radius 3 is 3.20 bits per heavy atom. The van der Waals surface area contributed by atoms with E-state index in [4.69, 9.17) is 10.5 Å². The molecule has 80 valence electrons. The lowest BCUT2D eigenvalue weighted by Gasteiger charge is -2.09. The number of hydrogen-bond donors (Lipinski definition) is 3. The van der Waals surface area contributed by atoms with E-state index in [1.54, 1.807) is 18.2 Å². The van der Waals surface area contributed by atoms with E-state index in [1.165, 1.54) is 0 Å². The zero-order chi connectivity index (χ0) is 10.8. The van der Waals surface area contributed by atoms with Crippen molar-refractivity contribution in [2.75, 3.05) is 13.2 Å². The molecule has 2 rings (SSSR count). The standard InChI is InChI=1S/C10H12N2O3/c11-10(14)4-12-8-5-15-9-3-6(13)1-2-7(8)9/h1-3,8,12-13H,4-5H2,(H2,11,14). The highest BCUT2D eigenvalue weighted by atomic mass is 16.5. The molecule has 0 saturated carbocycles. The molecule has 0 aliphatic carbocycles. The van der Waals surface area contributed by atoms with Crippen LogP contribution in [0.4, 0.5) is 0 Å². The van der Waals surface area contributed by atoms with Gasteiger partial charge in [-0.3, -0.25) is 10.1 Å². The Bertz CT molecular complexity index is 392. The summed E-state index contributed by atoms with van der Waals surface area (Å²) in [5, 5.41) is 12.2. The minimum Gasteiger partial charge on any atom is -0.508 e. The predicted molar refractivity (Wildman–Crippen MR) is 53.5 cm³/mol. The van der Waals surface area contributed by atoms with Crippen molar-refractivity contribution in [3.05, 3.63) is 23.8 Å². The summed E-state index contributed by atoms with van der Waals surface area (Å²) in [6, 6.07) is 4.89. The number of ether oxygens (including phenoxy) is 1. The van der Waals surface area contributed by atoms with Crippen molar-refractivity contribution >= 4 is 5.91 Å². The molecule has 1 aliphatic rings. The molecule has 1 aromatic carbocycles. The number of aromatic hydroxyl groups is 1. The molecule has 1 aliphatic heterocycles. The SMILES string of the molecule is NC(=O)CNC1COc2cc(O)ccc21. The summed E-state index contributed by atoms with van der Waals surface area (Å²) >= 11 is 0. The first kappa shape index (κ1) is 9.79. The van der Waals surface area contributed by atoms with E-state index in [9.17, 15) is 9.90 Å². The van der Waals surface area contributed by atoms with Crippen molar-refractivity contribution < 1.29 is 14.6 Å². The van der Waals surface area contributed by atoms with Gasteiger partial charge in [-0.1, -0.05) is 0 Å². The number of rotatable bonds is 3. The molecule has 1 atom stereocenters. The average Bonchev–Trinajstić information content (AvgIpc) is 2.57. The number of carbonyl (C=O) groups is 1. The van der Waals surface area contributed by atoms with Crippen molar-refractivity contribution in [3.8, 4) is 11.5 Å². The van der Waals surface area contributed by atoms with Gasteiger partial charge in [0, 0.05) is 11.6 Å². The molecule has 0 bridgehead atoms. The molecule has 1 amide bonds. The molecule has 0 saturated heterocycles. The first-order valence-electron chi connectivity index (χ1n) is 4.64. The zero-order valence-electron chi connectivity index (χ0n) is 8.06. The Labute approximate surface area is 86.8 Å². The number of benzene rings is 1. The summed E-state index contributed by atoms with van der Waals surface area (Å²) in [7, 11) is 0. The first-order chi connectivity index (χ1) is 7.16. The van der Waals surface area contributed by atoms with Gasteiger partial charge >= 0.3 is 0 Å². The Kier molecular flexibility index (Phi) is 2.47. The highest BCUT2D eigenvalue weighted by Gasteiger charge is 2.24. The number of amides is 1. The topological polar surface area (TPSA) is 84.6 Å². The van der Waals surface area contributed by atoms with Crippen molar-refractivity contribution in [2.24, 2.45) is 5.73 Å². The molecule has 1 heterocycles. The van der Waals surface area contributed by atoms with Crippen LogP contribution < -0.4 is 15.8 Å². The van der Waals surface area contributed by atoms with Gasteiger partial charge in [-0.05, 0) is 12.1 Å². The lowest BCUT2D eigenvalue weighted by atomic mass is 10.1. The predicted octanol–water partition coefficient (Wildman–Crippen LogP) is -0.0994. The van der Waals surface area contributed by atoms with Crippen molar-refractivity contribution in [2.45, 2.75) is 6.04 Å². The van der Waals surface area contributed by atoms with Crippen LogP contribution in [0.15, 0.2) is 18.2 Å². The van der Waals surface area contributed by atoms with E-state index in [1.807, 2.05) is 0 Å². The minimum absolute atomic E-state index is 0.0342. The smallest absolute Gasteiger partial charge is 0.231 e. The van der Waals surface area contributed by atoms with Gasteiger partial charge in [0.1, 0.15) is 18.1 Å². The number of primary amides is 1. The molecule has 0 fully saturated rings. The van der Waals surface area contributed by atoms with Crippen LogP contribution in [-0.2, 0) is 4.79 Å². The maximum Gasteiger partial charge on any atom is 0.231 e. The molecule has 4 N–H and O–H groups in total. The van der Waals surface area contributed by atoms with Crippen LogP contribution in [0.2, 0.25) is 0 Å². The van der Waals surface area contributed by atoms with E-state index < -0.39 is 5.91 Å². The second-order valence-electron chi connectivity index (χ2n) is 3.43. The molecule has 1 aromatic rings. The van der Waals surface area contributed by atoms with E-state index in [-0.39, 0.29) is 18.3 Å². The molecule has 0 spiro atoms. The Morgan fingerprint density at radius 2 is 2.47 bits per heavy atom. The van der Waals surface area contributed by atoms with E-state index in [0.29, 0.717) is 12.4 Å². The quantitative estimate of drug-likeness (QED) is 0.647. The second kappa shape index (κ2) is 3.78. The largest absolute Gasteiger partial charge is 0.508 e. The average molecular weight is 208 g/mol. The van der Waals surface area contributed by atoms with Gasteiger partial charge < -0.3 is 15.6 Å². The lowest BCUT2D eigenvalue weighted by molar-refractivity contribution is -0.117. The number of phenols is 1. The van der Waals surface area contributed by atoms with Crippen LogP contribution in [0.5, 0.6) is 11.5 Å². The third-order valence-electron chi connectivity index (χ3n) is 2.30. The monoisotopic (exact) mass is 208 g/mol. The van der Waals surface area contributed by atoms with Crippen molar-refractivity contribution in [1.82, 2.24) is 5.32 Å². The summed E-state index contributed by atoms with van der Waals surface area (Å²) in [5.41, 5.74) is 5.97. The van der Waals surface area contributed by atoms with Gasteiger partial charge in [-0.15, -0.1) is 0 Å². The summed E-state index contributed by atoms with van der Waals surface area (Å²) in [4.78, 5) is 10.6. The van der Waals surface area contributed by atoms with E-state index in [0.717, 1.165) is 5.56 Å². The molecule has 0 radical (unpaired) electrons. The second-order valence-corrected chi connectivity index (χ2v) is 3.43. The molecular weight excluding hydrogens is 196 g/mol. The Morgan fingerprint density at radius 1 is 1.67 bits per heavy atom. The molecule has 1 unspecified atom stereocenters. The maximum absolute atomic E-state index is 10.6. The third-order valence-corrected chi connectivity index (χ3v) is 2.30. The lowest BCUT2D eigenvalue weighted by Crippen LogP contribution is -2.32. The molecule has 5 heteroatoms. The Hall–Kier alpha value is -1.75. The summed E-state index contributed by atoms with van der Waals surface area (Å²) in [6.45, 7) is 0.570. The normalized spacial score (nSPS) is 18.3. The summed E-state index contributed by atoms with van der Waals surface area (Å²) in [6.07, 6.45) is 0. The molecule has 15 heavy (non-hydrogen) atoms. The van der Waals surface area contributed by atoms with Gasteiger partial charge in [0.15, 0.2) is 0 Å². The number of fused-ring (bicyclic) bond motifs is 1. The van der Waals surface area contributed by atoms with E-state index >= 15 is 0 Å². The van der Waals surface area contributed by atoms with Gasteiger partial charge in [0.05, 0.1) is 12.6 Å². The van der Waals surface area contributed by atoms with Crippen LogP contribution in [-0.4, -0.2) is 24.2 Å².